The highest BCUT2D eigenvalue weighted by Crippen LogP contribution is 2.67. The Balaban J connectivity index is 1.71. The van der Waals surface area contributed by atoms with Gasteiger partial charge in [0.15, 0.2) is 5.78 Å². The van der Waals surface area contributed by atoms with Gasteiger partial charge < -0.3 is 10.2 Å². The van der Waals surface area contributed by atoms with Crippen molar-refractivity contribution >= 4 is 5.78 Å². The van der Waals surface area contributed by atoms with Gasteiger partial charge in [-0.3, -0.25) is 4.79 Å². The second-order valence-corrected chi connectivity index (χ2v) is 9.59. The van der Waals surface area contributed by atoms with Crippen molar-refractivity contribution in [3.8, 4) is 0 Å². The Morgan fingerprint density at radius 3 is 2.54 bits per heavy atom. The number of rotatable bonds is 0. The smallest absolute Gasteiger partial charge is 0.162 e. The Morgan fingerprint density at radius 1 is 1.08 bits per heavy atom. The van der Waals surface area contributed by atoms with Crippen LogP contribution in [0.15, 0.2) is 11.8 Å². The van der Waals surface area contributed by atoms with Crippen LogP contribution in [0, 0.1) is 40.4 Å². The standard InChI is InChI=1S/C21H32O3/c1-12-15(11-22)18(23)10-13-4-5-14-16-6-7-19(24)20(16,2)9-8-17(14)21(12,13)3/h11-14,16-17,19,22,24H,4-10H2,1-3H3/b15-11-. The number of aliphatic hydroxyl groups is 2. The van der Waals surface area contributed by atoms with Gasteiger partial charge in [-0.2, -0.15) is 0 Å². The van der Waals surface area contributed by atoms with Crippen molar-refractivity contribution in [1.29, 1.82) is 0 Å². The van der Waals surface area contributed by atoms with Crippen LogP contribution in [0.2, 0.25) is 0 Å². The van der Waals surface area contributed by atoms with Crippen molar-refractivity contribution in [2.24, 2.45) is 40.4 Å². The van der Waals surface area contributed by atoms with E-state index in [1.54, 1.807) is 0 Å². The molecule has 0 aromatic carbocycles. The molecule has 4 rings (SSSR count). The summed E-state index contributed by atoms with van der Waals surface area (Å²) in [6.07, 6.45) is 8.32. The predicted molar refractivity (Wildman–Crippen MR) is 93.4 cm³/mol. The van der Waals surface area contributed by atoms with Gasteiger partial charge in [0.2, 0.25) is 0 Å². The minimum absolute atomic E-state index is 0.105. The summed E-state index contributed by atoms with van der Waals surface area (Å²) < 4.78 is 0. The molecule has 0 bridgehead atoms. The van der Waals surface area contributed by atoms with E-state index >= 15 is 0 Å². The average molecular weight is 332 g/mol. The number of hydrogen-bond donors (Lipinski definition) is 2. The van der Waals surface area contributed by atoms with E-state index in [1.807, 2.05) is 0 Å². The summed E-state index contributed by atoms with van der Waals surface area (Å²) in [5.41, 5.74) is 0.864. The molecule has 24 heavy (non-hydrogen) atoms. The Bertz CT molecular complexity index is 582. The first-order chi connectivity index (χ1) is 11.3. The number of aliphatic hydroxyl groups excluding tert-OH is 2. The first-order valence-electron chi connectivity index (χ1n) is 9.89. The maximum Gasteiger partial charge on any atom is 0.162 e. The van der Waals surface area contributed by atoms with E-state index in [1.165, 1.54) is 12.8 Å². The molecule has 0 aromatic rings. The Labute approximate surface area is 145 Å². The van der Waals surface area contributed by atoms with Gasteiger partial charge in [0, 0.05) is 12.0 Å². The third-order valence-electron chi connectivity index (χ3n) is 9.21. The van der Waals surface area contributed by atoms with Gasteiger partial charge in [0.05, 0.1) is 12.4 Å². The molecule has 134 valence electrons. The summed E-state index contributed by atoms with van der Waals surface area (Å²) in [4.78, 5) is 12.4. The van der Waals surface area contributed by atoms with Crippen LogP contribution in [0.1, 0.15) is 65.7 Å². The van der Waals surface area contributed by atoms with E-state index in [0.29, 0.717) is 35.7 Å². The lowest BCUT2D eigenvalue weighted by Crippen LogP contribution is -2.57. The van der Waals surface area contributed by atoms with Crippen LogP contribution >= 0.6 is 0 Å². The summed E-state index contributed by atoms with van der Waals surface area (Å²) in [6.45, 7) is 6.86. The number of hydrogen-bond acceptors (Lipinski definition) is 3. The number of Topliss-reactive ketones (excluding diaryl/α,β-unsaturated/α-hetero) is 1. The molecule has 4 aliphatic carbocycles. The lowest BCUT2D eigenvalue weighted by molar-refractivity contribution is -0.145. The summed E-state index contributed by atoms with van der Waals surface area (Å²) >= 11 is 0. The van der Waals surface area contributed by atoms with Crippen LogP contribution in [0.3, 0.4) is 0 Å². The van der Waals surface area contributed by atoms with E-state index in [2.05, 4.69) is 20.8 Å². The van der Waals surface area contributed by atoms with Crippen LogP contribution in [-0.2, 0) is 4.79 Å². The highest BCUT2D eigenvalue weighted by atomic mass is 16.3. The molecule has 0 amide bonds. The van der Waals surface area contributed by atoms with Crippen molar-refractivity contribution in [1.82, 2.24) is 0 Å². The molecule has 4 aliphatic rings. The van der Waals surface area contributed by atoms with Gasteiger partial charge >= 0.3 is 0 Å². The molecule has 0 spiro atoms. The second-order valence-electron chi connectivity index (χ2n) is 9.59. The van der Waals surface area contributed by atoms with E-state index in [-0.39, 0.29) is 28.6 Å². The van der Waals surface area contributed by atoms with E-state index in [4.69, 9.17) is 0 Å². The molecule has 0 aliphatic heterocycles. The van der Waals surface area contributed by atoms with Crippen molar-refractivity contribution in [2.75, 3.05) is 0 Å². The fraction of sp³-hybridized carbons (Fsp3) is 0.857. The summed E-state index contributed by atoms with van der Waals surface area (Å²) in [5.74, 6) is 2.69. The van der Waals surface area contributed by atoms with Crippen LogP contribution in [0.4, 0.5) is 0 Å². The average Bonchev–Trinajstić information content (AvgIpc) is 2.85. The lowest BCUT2D eigenvalue weighted by Gasteiger charge is -2.62. The molecule has 4 fully saturated rings. The fourth-order valence-corrected chi connectivity index (χ4v) is 7.54. The van der Waals surface area contributed by atoms with Gasteiger partial charge in [-0.05, 0) is 78.9 Å². The molecule has 0 aromatic heterocycles. The van der Waals surface area contributed by atoms with Crippen molar-refractivity contribution < 1.29 is 15.0 Å². The largest absolute Gasteiger partial charge is 0.515 e. The number of carbonyl (C=O) groups excluding carboxylic acids is 1. The van der Waals surface area contributed by atoms with E-state index in [9.17, 15) is 15.0 Å². The third kappa shape index (κ3) is 1.91. The van der Waals surface area contributed by atoms with Crippen molar-refractivity contribution in [3.05, 3.63) is 11.8 Å². The maximum absolute atomic E-state index is 12.4. The normalized spacial score (nSPS) is 55.8. The zero-order valence-electron chi connectivity index (χ0n) is 15.3. The van der Waals surface area contributed by atoms with Crippen LogP contribution < -0.4 is 0 Å². The number of fused-ring (bicyclic) bond motifs is 5. The van der Waals surface area contributed by atoms with Gasteiger partial charge in [-0.15, -0.1) is 0 Å². The molecular weight excluding hydrogens is 300 g/mol. The van der Waals surface area contributed by atoms with Gasteiger partial charge in [-0.1, -0.05) is 20.8 Å². The minimum atomic E-state index is -0.132. The molecule has 8 unspecified atom stereocenters. The topological polar surface area (TPSA) is 57.5 Å². The summed E-state index contributed by atoms with van der Waals surface area (Å²) in [6, 6.07) is 0. The zero-order valence-corrected chi connectivity index (χ0v) is 15.3. The summed E-state index contributed by atoms with van der Waals surface area (Å²) in [7, 11) is 0. The van der Waals surface area contributed by atoms with Gasteiger partial charge in [-0.25, -0.2) is 0 Å². The molecule has 3 nitrogen and oxygen atoms in total. The number of carbonyl (C=O) groups is 1. The van der Waals surface area contributed by atoms with Crippen LogP contribution in [0.5, 0.6) is 0 Å². The quantitative estimate of drug-likeness (QED) is 0.515. The first-order valence-corrected chi connectivity index (χ1v) is 9.89. The highest BCUT2D eigenvalue weighted by Gasteiger charge is 2.62. The van der Waals surface area contributed by atoms with Crippen molar-refractivity contribution in [3.63, 3.8) is 0 Å². The highest BCUT2D eigenvalue weighted by molar-refractivity contribution is 5.96. The molecule has 8 atom stereocenters. The molecule has 0 radical (unpaired) electrons. The fourth-order valence-electron chi connectivity index (χ4n) is 7.54. The molecule has 3 heteroatoms. The van der Waals surface area contributed by atoms with Gasteiger partial charge in [0.1, 0.15) is 0 Å². The van der Waals surface area contributed by atoms with E-state index in [0.717, 1.165) is 31.9 Å². The molecular formula is C21H32O3. The second kappa shape index (κ2) is 5.33. The molecule has 4 saturated carbocycles. The lowest BCUT2D eigenvalue weighted by atomic mass is 9.42. The third-order valence-corrected chi connectivity index (χ3v) is 9.21. The molecule has 0 saturated heterocycles. The van der Waals surface area contributed by atoms with E-state index < -0.39 is 0 Å². The van der Waals surface area contributed by atoms with Crippen LogP contribution in [0.25, 0.3) is 0 Å². The number of allylic oxidation sites excluding steroid dienone is 1. The molecule has 2 N–H and O–H groups in total. The van der Waals surface area contributed by atoms with Gasteiger partial charge in [0.25, 0.3) is 0 Å². The SMILES string of the molecule is CC1/C(=C/O)C(=O)CC2CCC3C4CCC(O)C4(C)CCC3C21C. The Morgan fingerprint density at radius 2 is 1.83 bits per heavy atom. The molecule has 0 heterocycles. The minimum Gasteiger partial charge on any atom is -0.515 e. The first kappa shape index (κ1) is 16.6. The van der Waals surface area contributed by atoms with Crippen LogP contribution in [-0.4, -0.2) is 22.1 Å². The monoisotopic (exact) mass is 332 g/mol. The zero-order chi connectivity index (χ0) is 17.3. The Kier molecular flexibility index (Phi) is 3.69. The summed E-state index contributed by atoms with van der Waals surface area (Å²) in [5, 5.41) is 20.2. The Hall–Kier alpha value is -0.830. The maximum atomic E-state index is 12.4. The predicted octanol–water partition coefficient (Wildman–Crippen LogP) is 4.26. The van der Waals surface area contributed by atoms with Crippen molar-refractivity contribution in [2.45, 2.75) is 71.8 Å². The number of ketones is 1.